The van der Waals surface area contributed by atoms with Gasteiger partial charge in [0.05, 0.1) is 11.8 Å². The summed E-state index contributed by atoms with van der Waals surface area (Å²) in [5, 5.41) is 0. The Bertz CT molecular complexity index is 947. The maximum Gasteiger partial charge on any atom is 0.330 e. The number of Topliss-reactive ketones (excluding diaryl/α,β-unsaturated/α-hetero) is 1. The highest BCUT2D eigenvalue weighted by molar-refractivity contribution is 6.09. The zero-order valence-corrected chi connectivity index (χ0v) is 17.9. The van der Waals surface area contributed by atoms with E-state index in [2.05, 4.69) is 12.2 Å². The van der Waals surface area contributed by atoms with Crippen molar-refractivity contribution in [2.75, 3.05) is 0 Å². The zero-order chi connectivity index (χ0) is 22.0. The second-order valence-electron chi connectivity index (χ2n) is 9.70. The molecule has 0 unspecified atom stereocenters. The fourth-order valence-corrected chi connectivity index (χ4v) is 6.06. The molecule has 0 radical (unpaired) electrons. The molecule has 6 rings (SSSR count). The third-order valence-electron chi connectivity index (χ3n) is 7.57. The van der Waals surface area contributed by atoms with Crippen molar-refractivity contribution in [1.82, 2.24) is 4.90 Å². The molecule has 2 bridgehead atoms. The molecule has 2 saturated carbocycles. The van der Waals surface area contributed by atoms with E-state index < -0.39 is 18.1 Å². The molecule has 1 aliphatic heterocycles. The summed E-state index contributed by atoms with van der Waals surface area (Å²) in [5.41, 5.74) is 0.449. The number of imide groups is 1. The van der Waals surface area contributed by atoms with Crippen LogP contribution in [-0.4, -0.2) is 40.6 Å². The number of carbonyl (C=O) groups is 4. The van der Waals surface area contributed by atoms with Crippen molar-refractivity contribution in [2.24, 2.45) is 41.4 Å². The van der Waals surface area contributed by atoms with Crippen LogP contribution in [0.4, 0.5) is 0 Å². The second-order valence-corrected chi connectivity index (χ2v) is 9.70. The highest BCUT2D eigenvalue weighted by atomic mass is 16.5. The lowest BCUT2D eigenvalue weighted by molar-refractivity contribution is -0.162. The van der Waals surface area contributed by atoms with E-state index in [1.807, 2.05) is 0 Å². The maximum atomic E-state index is 13.4. The van der Waals surface area contributed by atoms with Crippen molar-refractivity contribution in [1.29, 1.82) is 0 Å². The highest BCUT2D eigenvalue weighted by Crippen LogP contribution is 2.65. The van der Waals surface area contributed by atoms with E-state index in [0.717, 1.165) is 6.42 Å². The Morgan fingerprint density at radius 2 is 1.48 bits per heavy atom. The van der Waals surface area contributed by atoms with Gasteiger partial charge in [0.15, 0.2) is 6.10 Å². The van der Waals surface area contributed by atoms with Gasteiger partial charge in [-0.05, 0) is 42.9 Å². The lowest BCUT2D eigenvalue weighted by Crippen LogP contribution is -2.50. The molecular weight excluding hydrogens is 394 g/mol. The number of ketones is 1. The Morgan fingerprint density at radius 1 is 0.935 bits per heavy atom. The zero-order valence-electron chi connectivity index (χ0n) is 17.9. The van der Waals surface area contributed by atoms with Crippen LogP contribution >= 0.6 is 0 Å². The van der Waals surface area contributed by atoms with Crippen LogP contribution in [0.25, 0.3) is 0 Å². The van der Waals surface area contributed by atoms with Crippen LogP contribution in [0.3, 0.4) is 0 Å². The van der Waals surface area contributed by atoms with Crippen LogP contribution in [0.5, 0.6) is 0 Å². The van der Waals surface area contributed by atoms with Crippen molar-refractivity contribution in [3.63, 3.8) is 0 Å². The average Bonchev–Trinajstić information content (AvgIpc) is 3.54. The minimum absolute atomic E-state index is 0.101. The summed E-state index contributed by atoms with van der Waals surface area (Å²) in [6.07, 6.45) is 4.30. The van der Waals surface area contributed by atoms with Crippen molar-refractivity contribution in [3.8, 4) is 0 Å². The molecule has 5 aliphatic rings. The Balaban J connectivity index is 1.36. The van der Waals surface area contributed by atoms with E-state index in [9.17, 15) is 19.2 Å². The molecule has 0 N–H and O–H groups in total. The summed E-state index contributed by atoms with van der Waals surface area (Å²) in [6.45, 7) is 5.11. The standard InChI is InChI=1S/C25H27NO5/c1-12(2)21(25(30)31-13(3)22(27)14-7-5-4-6-8-14)26-23(28)19-15-9-10-16(18-11-17(15)18)20(19)24(26)29/h4-10,12-13,15-21H,11H2,1-3H3/t13-,15-,16-,17-,18-,19+,20+,21-/m0/s1. The largest absolute Gasteiger partial charge is 0.453 e. The minimum Gasteiger partial charge on any atom is -0.453 e. The van der Waals surface area contributed by atoms with Gasteiger partial charge in [0.25, 0.3) is 0 Å². The fraction of sp³-hybridized carbons (Fsp3) is 0.520. The van der Waals surface area contributed by atoms with Crippen LogP contribution in [0.15, 0.2) is 42.5 Å². The normalized spacial score (nSPS) is 34.4. The maximum absolute atomic E-state index is 13.4. The topological polar surface area (TPSA) is 80.8 Å². The van der Waals surface area contributed by atoms with Gasteiger partial charge in [0, 0.05) is 5.56 Å². The van der Waals surface area contributed by atoms with Crippen LogP contribution in [0.1, 0.15) is 37.6 Å². The van der Waals surface area contributed by atoms with Crippen molar-refractivity contribution in [3.05, 3.63) is 48.0 Å². The summed E-state index contributed by atoms with van der Waals surface area (Å²) in [7, 11) is 0. The number of nitrogens with zero attached hydrogens (tertiary/aromatic N) is 1. The third-order valence-corrected chi connectivity index (χ3v) is 7.57. The Morgan fingerprint density at radius 3 is 2.00 bits per heavy atom. The number of amides is 2. The molecule has 4 aliphatic carbocycles. The van der Waals surface area contributed by atoms with Crippen molar-refractivity contribution >= 4 is 23.6 Å². The first-order valence-electron chi connectivity index (χ1n) is 11.2. The smallest absolute Gasteiger partial charge is 0.330 e. The number of hydrogen-bond acceptors (Lipinski definition) is 5. The molecule has 8 atom stereocenters. The molecule has 3 fully saturated rings. The number of benzene rings is 1. The van der Waals surface area contributed by atoms with Crippen LogP contribution in [0.2, 0.25) is 0 Å². The first-order chi connectivity index (χ1) is 14.8. The Kier molecular flexibility index (Phi) is 4.65. The molecule has 1 aromatic carbocycles. The molecule has 0 aromatic heterocycles. The first kappa shape index (κ1) is 20.2. The minimum atomic E-state index is -1.02. The van der Waals surface area contributed by atoms with Crippen LogP contribution in [0, 0.1) is 41.4 Å². The molecule has 1 aromatic rings. The molecule has 2 amide bonds. The summed E-state index contributed by atoms with van der Waals surface area (Å²) < 4.78 is 5.50. The van der Waals surface area contributed by atoms with E-state index in [4.69, 9.17) is 4.74 Å². The third kappa shape index (κ3) is 2.99. The molecule has 162 valence electrons. The first-order valence-corrected chi connectivity index (χ1v) is 11.2. The quantitative estimate of drug-likeness (QED) is 0.305. The van der Waals surface area contributed by atoms with Gasteiger partial charge in [-0.1, -0.05) is 56.3 Å². The molecule has 1 saturated heterocycles. The predicted octanol–water partition coefficient (Wildman–Crippen LogP) is 2.88. The highest BCUT2D eigenvalue weighted by Gasteiger charge is 2.68. The molecule has 1 heterocycles. The van der Waals surface area contributed by atoms with E-state index in [1.165, 1.54) is 11.8 Å². The summed E-state index contributed by atoms with van der Waals surface area (Å²) in [4.78, 5) is 53.7. The van der Waals surface area contributed by atoms with Gasteiger partial charge in [0.2, 0.25) is 17.6 Å². The number of hydrogen-bond donors (Lipinski definition) is 0. The monoisotopic (exact) mass is 421 g/mol. The fourth-order valence-electron chi connectivity index (χ4n) is 6.06. The van der Waals surface area contributed by atoms with Crippen molar-refractivity contribution in [2.45, 2.75) is 39.3 Å². The summed E-state index contributed by atoms with van der Waals surface area (Å²) in [6, 6.07) is 7.60. The van der Waals surface area contributed by atoms with Gasteiger partial charge < -0.3 is 4.74 Å². The number of esters is 1. The summed E-state index contributed by atoms with van der Waals surface area (Å²) >= 11 is 0. The number of carbonyl (C=O) groups excluding carboxylic acids is 4. The average molecular weight is 421 g/mol. The Hall–Kier alpha value is -2.76. The predicted molar refractivity (Wildman–Crippen MR) is 112 cm³/mol. The second kappa shape index (κ2) is 7.14. The Labute approximate surface area is 181 Å². The van der Waals surface area contributed by atoms with E-state index in [0.29, 0.717) is 17.4 Å². The van der Waals surface area contributed by atoms with Gasteiger partial charge in [-0.2, -0.15) is 0 Å². The number of ether oxygens (including phenoxy) is 1. The van der Waals surface area contributed by atoms with E-state index >= 15 is 0 Å². The van der Waals surface area contributed by atoms with Gasteiger partial charge in [-0.3, -0.25) is 19.3 Å². The van der Waals surface area contributed by atoms with Crippen LogP contribution < -0.4 is 0 Å². The summed E-state index contributed by atoms with van der Waals surface area (Å²) in [5.74, 6) is -1.35. The van der Waals surface area contributed by atoms with E-state index in [1.54, 1.807) is 44.2 Å². The lowest BCUT2D eigenvalue weighted by atomic mass is 9.63. The molecule has 6 nitrogen and oxygen atoms in total. The molecule has 0 spiro atoms. The van der Waals surface area contributed by atoms with Gasteiger partial charge in [-0.25, -0.2) is 4.79 Å². The van der Waals surface area contributed by atoms with E-state index in [-0.39, 0.29) is 47.2 Å². The SMILES string of the molecule is CC(C)[C@@H](C(=O)O[C@@H](C)C(=O)c1ccccc1)N1C(=O)[C@@H]2[C@H]3C=C[C@@H]([C@@H]4C[C@@H]34)[C@H]2C1=O. The van der Waals surface area contributed by atoms with Crippen LogP contribution in [-0.2, 0) is 19.1 Å². The van der Waals surface area contributed by atoms with Crippen molar-refractivity contribution < 1.29 is 23.9 Å². The molecule has 31 heavy (non-hydrogen) atoms. The number of allylic oxidation sites excluding steroid dienone is 2. The van der Waals surface area contributed by atoms with Gasteiger partial charge >= 0.3 is 5.97 Å². The van der Waals surface area contributed by atoms with Gasteiger partial charge in [0.1, 0.15) is 6.04 Å². The van der Waals surface area contributed by atoms with Gasteiger partial charge in [-0.15, -0.1) is 0 Å². The number of rotatable bonds is 6. The number of likely N-dealkylation sites (tertiary alicyclic amines) is 1. The lowest BCUT2D eigenvalue weighted by Gasteiger charge is -2.37. The molecular formula is C25H27NO5. The molecule has 6 heteroatoms.